The van der Waals surface area contributed by atoms with E-state index in [9.17, 15) is 18.0 Å². The number of hydrogen-bond donors (Lipinski definition) is 1. The molecule has 1 fully saturated rings. The molecule has 0 saturated carbocycles. The normalized spacial score (nSPS) is 19.8. The molecule has 10 nitrogen and oxygen atoms in total. The number of hydrogen-bond acceptors (Lipinski definition) is 6. The first-order chi connectivity index (χ1) is 14.2. The summed E-state index contributed by atoms with van der Waals surface area (Å²) in [6, 6.07) is 4.71. The molecule has 0 unspecified atom stereocenters. The van der Waals surface area contributed by atoms with Gasteiger partial charge >= 0.3 is 0 Å². The minimum atomic E-state index is -3.78. The molecule has 1 saturated heterocycles. The van der Waals surface area contributed by atoms with Crippen LogP contribution in [0.25, 0.3) is 0 Å². The average molecular weight is 433 g/mol. The van der Waals surface area contributed by atoms with Crippen LogP contribution in [0.15, 0.2) is 29.3 Å². The summed E-state index contributed by atoms with van der Waals surface area (Å²) in [5.41, 5.74) is 1.44. The molecule has 1 atom stereocenters. The van der Waals surface area contributed by atoms with Crippen LogP contribution in [0.4, 0.5) is 5.69 Å². The summed E-state index contributed by atoms with van der Waals surface area (Å²) in [6.07, 6.45) is 0.857. The van der Waals surface area contributed by atoms with Gasteiger partial charge in [0.25, 0.3) is 11.8 Å². The van der Waals surface area contributed by atoms with E-state index >= 15 is 0 Å². The van der Waals surface area contributed by atoms with Gasteiger partial charge in [0, 0.05) is 45.5 Å². The van der Waals surface area contributed by atoms with Crippen molar-refractivity contribution in [1.29, 1.82) is 0 Å². The van der Waals surface area contributed by atoms with Crippen molar-refractivity contribution in [2.75, 3.05) is 31.5 Å². The zero-order valence-electron chi connectivity index (χ0n) is 17.0. The van der Waals surface area contributed by atoms with Gasteiger partial charge in [-0.3, -0.25) is 14.3 Å². The Morgan fingerprint density at radius 3 is 2.57 bits per heavy atom. The highest BCUT2D eigenvalue weighted by molar-refractivity contribution is 7.89. The van der Waals surface area contributed by atoms with Crippen molar-refractivity contribution >= 4 is 27.5 Å². The molecule has 0 bridgehead atoms. The molecule has 2 amide bonds. The van der Waals surface area contributed by atoms with E-state index in [4.69, 9.17) is 4.74 Å². The van der Waals surface area contributed by atoms with Gasteiger partial charge in [-0.15, -0.1) is 0 Å². The van der Waals surface area contributed by atoms with Gasteiger partial charge in [0.05, 0.1) is 10.6 Å². The van der Waals surface area contributed by atoms with Gasteiger partial charge in [0.15, 0.2) is 6.10 Å². The summed E-state index contributed by atoms with van der Waals surface area (Å²) in [5, 5.41) is 6.73. The van der Waals surface area contributed by atoms with Crippen LogP contribution in [0.5, 0.6) is 5.75 Å². The SMILES string of the molecule is Cc1cc2c(cc1S(=O)(=O)N1CCN(C(=O)c3ccnn3C)CC1)O[C@@H](C)C(=O)N2. The number of fused-ring (bicyclic) bond motifs is 1. The maximum absolute atomic E-state index is 13.3. The second kappa shape index (κ2) is 7.40. The fraction of sp³-hybridized carbons (Fsp3) is 0.421. The highest BCUT2D eigenvalue weighted by atomic mass is 32.2. The minimum absolute atomic E-state index is 0.135. The van der Waals surface area contributed by atoms with Gasteiger partial charge in [0.2, 0.25) is 10.0 Å². The van der Waals surface area contributed by atoms with E-state index in [0.717, 1.165) is 0 Å². The van der Waals surface area contributed by atoms with E-state index < -0.39 is 16.1 Å². The van der Waals surface area contributed by atoms with Crippen molar-refractivity contribution in [3.8, 4) is 5.75 Å². The van der Waals surface area contributed by atoms with Crippen molar-refractivity contribution in [3.63, 3.8) is 0 Å². The number of carbonyl (C=O) groups excluding carboxylic acids is 2. The second-order valence-electron chi connectivity index (χ2n) is 7.40. The van der Waals surface area contributed by atoms with Gasteiger partial charge in [-0.2, -0.15) is 9.40 Å². The molecule has 3 heterocycles. The predicted octanol–water partition coefficient (Wildman–Crippen LogP) is 0.595. The summed E-state index contributed by atoms with van der Waals surface area (Å²) in [4.78, 5) is 26.2. The quantitative estimate of drug-likeness (QED) is 0.758. The number of sulfonamides is 1. The number of aryl methyl sites for hydroxylation is 2. The van der Waals surface area contributed by atoms with Crippen molar-refractivity contribution in [2.24, 2.45) is 7.05 Å². The summed E-state index contributed by atoms with van der Waals surface area (Å²) in [5.74, 6) is -0.113. The van der Waals surface area contributed by atoms with Crippen molar-refractivity contribution in [1.82, 2.24) is 19.0 Å². The van der Waals surface area contributed by atoms with Crippen LogP contribution in [0.1, 0.15) is 23.0 Å². The first-order valence-electron chi connectivity index (χ1n) is 9.58. The predicted molar refractivity (Wildman–Crippen MR) is 108 cm³/mol. The topological polar surface area (TPSA) is 114 Å². The molecule has 2 aliphatic rings. The second-order valence-corrected chi connectivity index (χ2v) is 9.31. The van der Waals surface area contributed by atoms with Crippen molar-refractivity contribution in [2.45, 2.75) is 24.8 Å². The third-order valence-corrected chi connectivity index (χ3v) is 7.43. The van der Waals surface area contributed by atoms with E-state index in [1.165, 1.54) is 15.1 Å². The maximum atomic E-state index is 13.3. The molecule has 1 N–H and O–H groups in total. The van der Waals surface area contributed by atoms with Gasteiger partial charge in [-0.1, -0.05) is 0 Å². The molecule has 2 aliphatic heterocycles. The third-order valence-electron chi connectivity index (χ3n) is 5.39. The maximum Gasteiger partial charge on any atom is 0.272 e. The van der Waals surface area contributed by atoms with E-state index in [1.807, 2.05) is 0 Å². The number of anilines is 1. The van der Waals surface area contributed by atoms with Gasteiger partial charge in [-0.05, 0) is 31.5 Å². The molecule has 160 valence electrons. The van der Waals surface area contributed by atoms with Crippen LogP contribution in [-0.4, -0.2) is 71.5 Å². The molecule has 0 radical (unpaired) electrons. The first kappa shape index (κ1) is 20.4. The Morgan fingerprint density at radius 1 is 1.23 bits per heavy atom. The van der Waals surface area contributed by atoms with Crippen LogP contribution in [0.2, 0.25) is 0 Å². The van der Waals surface area contributed by atoms with Crippen LogP contribution >= 0.6 is 0 Å². The minimum Gasteiger partial charge on any atom is -0.479 e. The van der Waals surface area contributed by atoms with Crippen LogP contribution < -0.4 is 10.1 Å². The number of piperazine rings is 1. The number of nitrogens with one attached hydrogen (secondary N) is 1. The summed E-state index contributed by atoms with van der Waals surface area (Å²) in [7, 11) is -2.09. The lowest BCUT2D eigenvalue weighted by atomic mass is 10.1. The van der Waals surface area contributed by atoms with E-state index in [2.05, 4.69) is 10.4 Å². The highest BCUT2D eigenvalue weighted by Crippen LogP contribution is 2.35. The number of ether oxygens (including phenoxy) is 1. The number of aromatic nitrogens is 2. The molecular formula is C19H23N5O5S. The molecule has 4 rings (SSSR count). The first-order valence-corrected chi connectivity index (χ1v) is 11.0. The van der Waals surface area contributed by atoms with Gasteiger partial charge in [-0.25, -0.2) is 8.42 Å². The van der Waals surface area contributed by atoms with Crippen molar-refractivity contribution < 1.29 is 22.7 Å². The van der Waals surface area contributed by atoms with Gasteiger partial charge < -0.3 is 15.0 Å². The summed E-state index contributed by atoms with van der Waals surface area (Å²) in [6.45, 7) is 4.24. The lowest BCUT2D eigenvalue weighted by molar-refractivity contribution is -0.122. The number of carbonyl (C=O) groups is 2. The monoisotopic (exact) mass is 433 g/mol. The number of benzene rings is 1. The number of amides is 2. The number of nitrogens with zero attached hydrogens (tertiary/aromatic N) is 4. The Hall–Kier alpha value is -2.92. The van der Waals surface area contributed by atoms with Gasteiger partial charge in [0.1, 0.15) is 11.4 Å². The summed E-state index contributed by atoms with van der Waals surface area (Å²) < 4.78 is 35.0. The fourth-order valence-electron chi connectivity index (χ4n) is 3.64. The van der Waals surface area contributed by atoms with Crippen molar-refractivity contribution in [3.05, 3.63) is 35.7 Å². The Kier molecular flexibility index (Phi) is 5.02. The molecule has 30 heavy (non-hydrogen) atoms. The molecule has 1 aromatic carbocycles. The van der Waals surface area contributed by atoms with Crippen LogP contribution in [0.3, 0.4) is 0 Å². The molecule has 1 aromatic heterocycles. The molecular weight excluding hydrogens is 410 g/mol. The molecule has 11 heteroatoms. The lowest BCUT2D eigenvalue weighted by Crippen LogP contribution is -2.50. The Labute approximate surface area is 174 Å². The zero-order chi connectivity index (χ0) is 21.6. The van der Waals surface area contributed by atoms with Crippen LogP contribution in [-0.2, 0) is 21.9 Å². The van der Waals surface area contributed by atoms with E-state index in [0.29, 0.717) is 22.7 Å². The standard InChI is InChI=1S/C19H23N5O5S/c1-12-10-14-16(29-13(2)18(25)21-14)11-17(12)30(27,28)24-8-6-23(7-9-24)19(26)15-4-5-20-22(15)3/h4-5,10-11,13H,6-9H2,1-3H3,(H,21,25)/t13-/m0/s1. The van der Waals surface area contributed by atoms with Crippen LogP contribution in [0, 0.1) is 6.92 Å². The molecule has 2 aromatic rings. The average Bonchev–Trinajstić information content (AvgIpc) is 3.14. The smallest absolute Gasteiger partial charge is 0.272 e. The molecule has 0 aliphatic carbocycles. The largest absolute Gasteiger partial charge is 0.479 e. The van der Waals surface area contributed by atoms with E-state index in [-0.39, 0.29) is 42.9 Å². The Morgan fingerprint density at radius 2 is 1.93 bits per heavy atom. The van der Waals surface area contributed by atoms with E-state index in [1.54, 1.807) is 44.1 Å². The Bertz CT molecular complexity index is 1120. The highest BCUT2D eigenvalue weighted by Gasteiger charge is 2.34. The molecule has 0 spiro atoms. The zero-order valence-corrected chi connectivity index (χ0v) is 17.8. The number of rotatable bonds is 3. The third kappa shape index (κ3) is 3.43. The lowest BCUT2D eigenvalue weighted by Gasteiger charge is -2.34. The fourth-order valence-corrected chi connectivity index (χ4v) is 5.28. The Balaban J connectivity index is 1.53. The summed E-state index contributed by atoms with van der Waals surface area (Å²) >= 11 is 0.